The zero-order chi connectivity index (χ0) is 35.6. The van der Waals surface area contributed by atoms with Crippen LogP contribution in [-0.4, -0.2) is 102 Å². The molecule has 3 aromatic heterocycles. The number of aromatic nitrogens is 4. The largest absolute Gasteiger partial charge is 0.494 e. The summed E-state index contributed by atoms with van der Waals surface area (Å²) in [5.41, 5.74) is 7.63. The number of aryl methyl sites for hydroxylation is 2. The number of piperidine rings is 1. The zero-order valence-corrected chi connectivity index (χ0v) is 32.2. The Morgan fingerprint density at radius 2 is 1.71 bits per heavy atom. The van der Waals surface area contributed by atoms with Gasteiger partial charge in [-0.2, -0.15) is 4.98 Å². The lowest BCUT2D eigenvalue weighted by Crippen LogP contribution is -2.52. The SMILES string of the molecule is CCc1cc(Nc2ncc(Cl)c(Nc3ccc(-c4ccnc5c4ccn5C)cc3P(C)C)n2)c(OC)cc1N1CCC(N2CCN(C)CC2)CC1. The van der Waals surface area contributed by atoms with Gasteiger partial charge in [0.1, 0.15) is 16.4 Å². The lowest BCUT2D eigenvalue weighted by Gasteiger charge is -2.43. The first-order chi connectivity index (χ1) is 24.7. The van der Waals surface area contributed by atoms with E-state index in [0.717, 1.165) is 53.2 Å². The second-order valence-corrected chi connectivity index (χ2v) is 16.6. The molecule has 5 aromatic rings. The average molecular weight is 726 g/mol. The summed E-state index contributed by atoms with van der Waals surface area (Å²) in [7, 11) is 5.52. The molecule has 51 heavy (non-hydrogen) atoms. The molecular formula is C39H49ClN9OP. The van der Waals surface area contributed by atoms with Crippen LogP contribution in [0.3, 0.4) is 0 Å². The van der Waals surface area contributed by atoms with E-state index in [1.54, 1.807) is 13.3 Å². The maximum atomic E-state index is 6.70. The Morgan fingerprint density at radius 1 is 0.922 bits per heavy atom. The van der Waals surface area contributed by atoms with Gasteiger partial charge in [0.25, 0.3) is 0 Å². The molecule has 2 saturated heterocycles. The highest BCUT2D eigenvalue weighted by atomic mass is 35.5. The Bertz CT molecular complexity index is 2000. The minimum atomic E-state index is -0.453. The van der Waals surface area contributed by atoms with Gasteiger partial charge in [-0.25, -0.2) is 9.97 Å². The van der Waals surface area contributed by atoms with E-state index in [1.807, 2.05) is 13.2 Å². The molecule has 0 amide bonds. The number of ether oxygens (including phenoxy) is 1. The van der Waals surface area contributed by atoms with Crippen molar-refractivity contribution in [2.24, 2.45) is 7.05 Å². The van der Waals surface area contributed by atoms with Crippen LogP contribution in [0.1, 0.15) is 25.3 Å². The fraction of sp³-hybridized carbons (Fsp3) is 0.410. The monoisotopic (exact) mass is 725 g/mol. The van der Waals surface area contributed by atoms with Crippen molar-refractivity contribution >= 4 is 64.7 Å². The number of methoxy groups -OCH3 is 1. The molecule has 10 nitrogen and oxygen atoms in total. The third-order valence-electron chi connectivity index (χ3n) is 10.4. The summed E-state index contributed by atoms with van der Waals surface area (Å²) in [5, 5.41) is 9.79. The molecule has 12 heteroatoms. The molecule has 0 aliphatic carbocycles. The van der Waals surface area contributed by atoms with E-state index < -0.39 is 7.92 Å². The Hall–Kier alpha value is -3.95. The van der Waals surface area contributed by atoms with Crippen LogP contribution in [0, 0.1) is 0 Å². The first-order valence-corrected chi connectivity index (χ1v) is 20.5. The highest BCUT2D eigenvalue weighted by molar-refractivity contribution is 7.64. The number of likely N-dealkylation sites (N-methyl/N-ethyl adjacent to an activating group) is 1. The summed E-state index contributed by atoms with van der Waals surface area (Å²) in [6, 6.07) is 15.8. The molecule has 2 aromatic carbocycles. The lowest BCUT2D eigenvalue weighted by atomic mass is 9.99. The molecule has 0 radical (unpaired) electrons. The average Bonchev–Trinajstić information content (AvgIpc) is 3.53. The quantitative estimate of drug-likeness (QED) is 0.144. The summed E-state index contributed by atoms with van der Waals surface area (Å²) < 4.78 is 7.99. The van der Waals surface area contributed by atoms with Crippen molar-refractivity contribution in [3.05, 3.63) is 71.6 Å². The number of fused-ring (bicyclic) bond motifs is 1. The van der Waals surface area contributed by atoms with Crippen LogP contribution in [-0.2, 0) is 13.5 Å². The molecule has 0 unspecified atom stereocenters. The fourth-order valence-corrected chi connectivity index (χ4v) is 8.62. The van der Waals surface area contributed by atoms with Crippen molar-refractivity contribution in [1.29, 1.82) is 0 Å². The van der Waals surface area contributed by atoms with Gasteiger partial charge in [-0.1, -0.05) is 32.5 Å². The van der Waals surface area contributed by atoms with Crippen LogP contribution in [0.15, 0.2) is 61.1 Å². The van der Waals surface area contributed by atoms with E-state index in [-0.39, 0.29) is 0 Å². The second kappa shape index (κ2) is 15.3. The number of piperazine rings is 1. The van der Waals surface area contributed by atoms with Crippen LogP contribution in [0.25, 0.3) is 22.2 Å². The molecule has 5 heterocycles. The number of anilines is 5. The number of benzene rings is 2. The highest BCUT2D eigenvalue weighted by Crippen LogP contribution is 2.38. The molecule has 2 aliphatic rings. The van der Waals surface area contributed by atoms with Gasteiger partial charge < -0.3 is 29.7 Å². The molecule has 7 rings (SSSR count). The summed E-state index contributed by atoms with van der Waals surface area (Å²) in [5.74, 6) is 1.75. The Kier molecular flexibility index (Phi) is 10.7. The number of hydrogen-bond acceptors (Lipinski definition) is 9. The maximum Gasteiger partial charge on any atom is 0.229 e. The number of pyridine rings is 1. The Morgan fingerprint density at radius 3 is 2.43 bits per heavy atom. The van der Waals surface area contributed by atoms with Gasteiger partial charge in [-0.15, -0.1) is 0 Å². The van der Waals surface area contributed by atoms with Gasteiger partial charge >= 0.3 is 0 Å². The molecule has 0 spiro atoms. The minimum absolute atomic E-state index is 0.444. The van der Waals surface area contributed by atoms with Crippen LogP contribution in [0.5, 0.6) is 5.75 Å². The molecule has 268 valence electrons. The van der Waals surface area contributed by atoms with Crippen molar-refractivity contribution in [2.45, 2.75) is 32.2 Å². The fourth-order valence-electron chi connectivity index (χ4n) is 7.47. The first-order valence-electron chi connectivity index (χ1n) is 17.9. The molecule has 0 atom stereocenters. The Labute approximate surface area is 307 Å². The van der Waals surface area contributed by atoms with Gasteiger partial charge in [-0.05, 0) is 92.0 Å². The summed E-state index contributed by atoms with van der Waals surface area (Å²) in [4.78, 5) is 21.6. The molecule has 2 N–H and O–H groups in total. The van der Waals surface area contributed by atoms with Crippen LogP contribution >= 0.6 is 19.5 Å². The van der Waals surface area contributed by atoms with E-state index in [4.69, 9.17) is 21.3 Å². The molecule has 0 bridgehead atoms. The van der Waals surface area contributed by atoms with E-state index in [9.17, 15) is 0 Å². The molecular weight excluding hydrogens is 677 g/mol. The second-order valence-electron chi connectivity index (χ2n) is 13.9. The number of hydrogen-bond donors (Lipinski definition) is 2. The van der Waals surface area contributed by atoms with Gasteiger partial charge in [0.2, 0.25) is 5.95 Å². The standard InChI is InChI=1S/C39H49ClN9OP/c1-7-26-22-33(35(50-4)24-34(26)49-16-11-28(12-17-49)48-20-18-46(2)19-21-48)44-39-42-25-31(40)37(45-39)43-32-9-8-27(23-36(32)51(5)6)29-10-14-41-38-30(29)13-15-47(38)3/h8-10,13-15,22-25,28H,7,11-12,16-21H2,1-6H3,(H2,42,43,44,45). The van der Waals surface area contributed by atoms with Crippen LogP contribution in [0.4, 0.5) is 28.8 Å². The normalized spacial score (nSPS) is 16.3. The number of rotatable bonds is 10. The molecule has 2 fully saturated rings. The Balaban J connectivity index is 1.10. The van der Waals surface area contributed by atoms with Crippen molar-refractivity contribution in [2.75, 3.05) is 82.3 Å². The summed E-state index contributed by atoms with van der Waals surface area (Å²) in [6.45, 7) is 13.5. The smallest absolute Gasteiger partial charge is 0.229 e. The van der Waals surface area contributed by atoms with Gasteiger partial charge in [0.15, 0.2) is 5.82 Å². The first kappa shape index (κ1) is 35.5. The topological polar surface area (TPSA) is 86.6 Å². The lowest BCUT2D eigenvalue weighted by molar-refractivity contribution is 0.0982. The summed E-state index contributed by atoms with van der Waals surface area (Å²) in [6.07, 6.45) is 8.86. The molecule has 2 aliphatic heterocycles. The molecule has 0 saturated carbocycles. The summed E-state index contributed by atoms with van der Waals surface area (Å²) >= 11 is 6.70. The minimum Gasteiger partial charge on any atom is -0.494 e. The van der Waals surface area contributed by atoms with Gasteiger partial charge in [0.05, 0.1) is 19.0 Å². The van der Waals surface area contributed by atoms with E-state index >= 15 is 0 Å². The van der Waals surface area contributed by atoms with Gasteiger partial charge in [-0.3, -0.25) is 4.90 Å². The van der Waals surface area contributed by atoms with E-state index in [1.165, 1.54) is 61.1 Å². The third kappa shape index (κ3) is 7.51. The zero-order valence-electron chi connectivity index (χ0n) is 30.6. The van der Waals surface area contributed by atoms with Gasteiger partial charge in [0, 0.05) is 87.6 Å². The number of halogens is 1. The van der Waals surface area contributed by atoms with Crippen LogP contribution < -0.4 is 25.6 Å². The van der Waals surface area contributed by atoms with Crippen molar-refractivity contribution in [1.82, 2.24) is 29.3 Å². The van der Waals surface area contributed by atoms with Crippen molar-refractivity contribution in [3.8, 4) is 16.9 Å². The predicted molar refractivity (Wildman–Crippen MR) is 215 cm³/mol. The van der Waals surface area contributed by atoms with Crippen molar-refractivity contribution < 1.29 is 4.74 Å². The third-order valence-corrected chi connectivity index (χ3v) is 12.1. The van der Waals surface area contributed by atoms with Crippen molar-refractivity contribution in [3.63, 3.8) is 0 Å². The van der Waals surface area contributed by atoms with Crippen LogP contribution in [0.2, 0.25) is 5.02 Å². The van der Waals surface area contributed by atoms with E-state index in [2.05, 4.69) is 116 Å². The number of nitrogens with zero attached hydrogens (tertiary/aromatic N) is 7. The maximum absolute atomic E-state index is 6.70. The van der Waals surface area contributed by atoms with E-state index in [0.29, 0.717) is 22.8 Å². The highest BCUT2D eigenvalue weighted by Gasteiger charge is 2.28. The predicted octanol–water partition coefficient (Wildman–Crippen LogP) is 7.32. The number of nitrogens with one attached hydrogen (secondary N) is 2.